The third kappa shape index (κ3) is 3.70. The summed E-state index contributed by atoms with van der Waals surface area (Å²) in [5.41, 5.74) is 2.05. The Kier molecular flexibility index (Phi) is 4.53. The smallest absolute Gasteiger partial charge is 0.244 e. The van der Waals surface area contributed by atoms with Gasteiger partial charge in [-0.1, -0.05) is 30.3 Å². The summed E-state index contributed by atoms with van der Waals surface area (Å²) < 4.78 is 5.46. The van der Waals surface area contributed by atoms with Crippen molar-refractivity contribution in [2.24, 2.45) is 0 Å². The molecule has 1 amide bonds. The number of hydrogen-bond acceptors (Lipinski definition) is 2. The van der Waals surface area contributed by atoms with Gasteiger partial charge in [-0.25, -0.2) is 0 Å². The van der Waals surface area contributed by atoms with Gasteiger partial charge in [0, 0.05) is 19.2 Å². The van der Waals surface area contributed by atoms with E-state index in [1.165, 1.54) is 0 Å². The van der Waals surface area contributed by atoms with Gasteiger partial charge in [-0.2, -0.15) is 0 Å². The molecule has 96 valence electrons. The van der Waals surface area contributed by atoms with Crippen LogP contribution in [0, 0.1) is 0 Å². The molecule has 1 fully saturated rings. The van der Waals surface area contributed by atoms with Crippen molar-refractivity contribution in [3.63, 3.8) is 0 Å². The number of allylic oxidation sites excluding steroid dienone is 1. The predicted octanol–water partition coefficient (Wildman–Crippen LogP) is 2.39. The summed E-state index contributed by atoms with van der Waals surface area (Å²) >= 11 is 0. The first-order chi connectivity index (χ1) is 8.75. The Morgan fingerprint density at radius 2 is 2.22 bits per heavy atom. The minimum atomic E-state index is -0.0492. The summed E-state index contributed by atoms with van der Waals surface area (Å²) in [7, 11) is 0. The van der Waals surface area contributed by atoms with Crippen LogP contribution >= 0.6 is 0 Å². The Morgan fingerprint density at radius 1 is 1.44 bits per heavy atom. The van der Waals surface area contributed by atoms with Gasteiger partial charge in [0.1, 0.15) is 0 Å². The zero-order valence-corrected chi connectivity index (χ0v) is 10.7. The van der Waals surface area contributed by atoms with Gasteiger partial charge >= 0.3 is 0 Å². The van der Waals surface area contributed by atoms with E-state index < -0.39 is 0 Å². The maximum Gasteiger partial charge on any atom is 0.244 e. The van der Waals surface area contributed by atoms with Crippen molar-refractivity contribution < 1.29 is 9.53 Å². The lowest BCUT2D eigenvalue weighted by molar-refractivity contribution is -0.116. The lowest BCUT2D eigenvalue weighted by Gasteiger charge is -2.09. The lowest BCUT2D eigenvalue weighted by Crippen LogP contribution is -2.30. The fourth-order valence-electron chi connectivity index (χ4n) is 2.05. The average molecular weight is 245 g/mol. The van der Waals surface area contributed by atoms with Gasteiger partial charge in [0.25, 0.3) is 0 Å². The van der Waals surface area contributed by atoms with Gasteiger partial charge in [0.05, 0.1) is 6.10 Å². The van der Waals surface area contributed by atoms with Crippen molar-refractivity contribution in [1.29, 1.82) is 0 Å². The second-order valence-corrected chi connectivity index (χ2v) is 4.57. The van der Waals surface area contributed by atoms with E-state index in [-0.39, 0.29) is 12.0 Å². The van der Waals surface area contributed by atoms with Crippen molar-refractivity contribution in [2.75, 3.05) is 13.2 Å². The highest BCUT2D eigenvalue weighted by Gasteiger charge is 2.15. The molecule has 0 radical (unpaired) electrons. The Hall–Kier alpha value is -1.61. The van der Waals surface area contributed by atoms with Crippen LogP contribution in [-0.4, -0.2) is 25.2 Å². The SMILES string of the molecule is C/C(=C\C(=O)NCC1CCCO1)c1ccccc1. The van der Waals surface area contributed by atoms with Crippen LogP contribution in [0.4, 0.5) is 0 Å². The molecule has 1 aromatic rings. The lowest BCUT2D eigenvalue weighted by atomic mass is 10.1. The van der Waals surface area contributed by atoms with E-state index in [2.05, 4.69) is 5.32 Å². The summed E-state index contributed by atoms with van der Waals surface area (Å²) in [5, 5.41) is 2.88. The highest BCUT2D eigenvalue weighted by atomic mass is 16.5. The first-order valence-electron chi connectivity index (χ1n) is 6.39. The van der Waals surface area contributed by atoms with Crippen LogP contribution in [0.25, 0.3) is 5.57 Å². The quantitative estimate of drug-likeness (QED) is 0.827. The van der Waals surface area contributed by atoms with Crippen LogP contribution in [0.2, 0.25) is 0 Å². The van der Waals surface area contributed by atoms with Crippen LogP contribution in [0.1, 0.15) is 25.3 Å². The number of benzene rings is 1. The number of carbonyl (C=O) groups is 1. The molecule has 1 unspecified atom stereocenters. The van der Waals surface area contributed by atoms with Gasteiger partial charge < -0.3 is 10.1 Å². The molecule has 0 aromatic heterocycles. The topological polar surface area (TPSA) is 38.3 Å². The molecule has 0 saturated carbocycles. The summed E-state index contributed by atoms with van der Waals surface area (Å²) in [6.07, 6.45) is 3.98. The molecule has 1 saturated heterocycles. The van der Waals surface area contributed by atoms with Crippen molar-refractivity contribution in [3.05, 3.63) is 42.0 Å². The highest BCUT2D eigenvalue weighted by molar-refractivity contribution is 5.94. The number of hydrogen-bond donors (Lipinski definition) is 1. The van der Waals surface area contributed by atoms with E-state index in [0.717, 1.165) is 30.6 Å². The highest BCUT2D eigenvalue weighted by Crippen LogP contribution is 2.13. The number of ether oxygens (including phenoxy) is 1. The minimum absolute atomic E-state index is 0.0492. The molecular formula is C15H19NO2. The van der Waals surface area contributed by atoms with Crippen LogP contribution < -0.4 is 5.32 Å². The molecule has 2 rings (SSSR count). The fourth-order valence-corrected chi connectivity index (χ4v) is 2.05. The number of rotatable bonds is 4. The molecule has 3 heteroatoms. The normalized spacial score (nSPS) is 19.8. The zero-order chi connectivity index (χ0) is 12.8. The van der Waals surface area contributed by atoms with Gasteiger partial charge in [-0.15, -0.1) is 0 Å². The standard InChI is InChI=1S/C15H19NO2/c1-12(13-6-3-2-4-7-13)10-15(17)16-11-14-8-5-9-18-14/h2-4,6-7,10,14H,5,8-9,11H2,1H3,(H,16,17)/b12-10+. The van der Waals surface area contributed by atoms with Crippen molar-refractivity contribution in [3.8, 4) is 0 Å². The second kappa shape index (κ2) is 6.36. The molecule has 0 aliphatic carbocycles. The Morgan fingerprint density at radius 3 is 2.89 bits per heavy atom. The molecular weight excluding hydrogens is 226 g/mol. The van der Waals surface area contributed by atoms with Crippen LogP contribution in [-0.2, 0) is 9.53 Å². The molecule has 1 atom stereocenters. The summed E-state index contributed by atoms with van der Waals surface area (Å²) in [4.78, 5) is 11.7. The van der Waals surface area contributed by atoms with Crippen LogP contribution in [0.3, 0.4) is 0 Å². The zero-order valence-electron chi connectivity index (χ0n) is 10.7. The van der Waals surface area contributed by atoms with E-state index in [1.54, 1.807) is 6.08 Å². The fraction of sp³-hybridized carbons (Fsp3) is 0.400. The maximum absolute atomic E-state index is 11.7. The molecule has 3 nitrogen and oxygen atoms in total. The van der Waals surface area contributed by atoms with Gasteiger partial charge in [0.2, 0.25) is 5.91 Å². The number of amides is 1. The van der Waals surface area contributed by atoms with Crippen molar-refractivity contribution in [2.45, 2.75) is 25.9 Å². The molecule has 1 N–H and O–H groups in total. The number of carbonyl (C=O) groups excluding carboxylic acids is 1. The molecule has 1 aliphatic heterocycles. The molecule has 18 heavy (non-hydrogen) atoms. The Balaban J connectivity index is 1.85. The summed E-state index contributed by atoms with van der Waals surface area (Å²) in [6.45, 7) is 3.37. The molecule has 1 aliphatic rings. The van der Waals surface area contributed by atoms with Gasteiger partial charge in [-0.3, -0.25) is 4.79 Å². The van der Waals surface area contributed by atoms with Crippen molar-refractivity contribution >= 4 is 11.5 Å². The minimum Gasteiger partial charge on any atom is -0.376 e. The monoisotopic (exact) mass is 245 g/mol. The Labute approximate surface area is 108 Å². The second-order valence-electron chi connectivity index (χ2n) is 4.57. The molecule has 0 spiro atoms. The average Bonchev–Trinajstić information content (AvgIpc) is 2.90. The van der Waals surface area contributed by atoms with E-state index in [9.17, 15) is 4.79 Å². The first kappa shape index (κ1) is 12.8. The largest absolute Gasteiger partial charge is 0.376 e. The van der Waals surface area contributed by atoms with Crippen molar-refractivity contribution in [1.82, 2.24) is 5.32 Å². The Bertz CT molecular complexity index is 419. The van der Waals surface area contributed by atoms with E-state index in [1.807, 2.05) is 37.3 Å². The van der Waals surface area contributed by atoms with E-state index in [0.29, 0.717) is 6.54 Å². The van der Waals surface area contributed by atoms with Gasteiger partial charge in [0.15, 0.2) is 0 Å². The first-order valence-corrected chi connectivity index (χ1v) is 6.39. The predicted molar refractivity (Wildman–Crippen MR) is 72.1 cm³/mol. The summed E-state index contributed by atoms with van der Waals surface area (Å²) in [5.74, 6) is -0.0492. The maximum atomic E-state index is 11.7. The molecule has 0 bridgehead atoms. The molecule has 1 aromatic carbocycles. The molecule has 1 heterocycles. The van der Waals surface area contributed by atoms with E-state index in [4.69, 9.17) is 4.74 Å². The van der Waals surface area contributed by atoms with E-state index >= 15 is 0 Å². The number of nitrogens with one attached hydrogen (secondary N) is 1. The van der Waals surface area contributed by atoms with Gasteiger partial charge in [-0.05, 0) is 30.9 Å². The summed E-state index contributed by atoms with van der Waals surface area (Å²) in [6, 6.07) is 9.90. The van der Waals surface area contributed by atoms with Crippen LogP contribution in [0.5, 0.6) is 0 Å². The third-order valence-corrected chi connectivity index (χ3v) is 3.10. The third-order valence-electron chi connectivity index (χ3n) is 3.10. The van der Waals surface area contributed by atoms with Crippen LogP contribution in [0.15, 0.2) is 36.4 Å².